The van der Waals surface area contributed by atoms with Crippen LogP contribution in [0.15, 0.2) is 29.3 Å². The van der Waals surface area contributed by atoms with Gasteiger partial charge in [-0.3, -0.25) is 0 Å². The van der Waals surface area contributed by atoms with Gasteiger partial charge in [0.25, 0.3) is 0 Å². The summed E-state index contributed by atoms with van der Waals surface area (Å²) in [5.74, 6) is 2.27. The summed E-state index contributed by atoms with van der Waals surface area (Å²) in [4.78, 5) is 4.53. The van der Waals surface area contributed by atoms with E-state index in [-0.39, 0.29) is 29.7 Å². The maximum atomic E-state index is 11.2. The monoisotopic (exact) mass is 481 g/mol. The molecule has 0 radical (unpaired) electrons. The lowest BCUT2D eigenvalue weighted by Crippen LogP contribution is -2.39. The minimum absolute atomic E-state index is 0. The van der Waals surface area contributed by atoms with E-state index in [0.29, 0.717) is 31.5 Å². The fourth-order valence-corrected chi connectivity index (χ4v) is 2.60. The number of benzene rings is 1. The lowest BCUT2D eigenvalue weighted by Gasteiger charge is -2.12. The second kappa shape index (κ2) is 10.8. The van der Waals surface area contributed by atoms with Crippen LogP contribution in [0.2, 0.25) is 0 Å². The van der Waals surface area contributed by atoms with Crippen molar-refractivity contribution in [2.75, 3.05) is 31.7 Å². The highest BCUT2D eigenvalue weighted by molar-refractivity contribution is 14.0. The van der Waals surface area contributed by atoms with Crippen LogP contribution in [0.5, 0.6) is 5.75 Å². The van der Waals surface area contributed by atoms with Crippen molar-refractivity contribution in [2.45, 2.75) is 26.3 Å². The summed E-state index contributed by atoms with van der Waals surface area (Å²) in [6.45, 7) is 4.28. The Balaban J connectivity index is 0.00000312. The van der Waals surface area contributed by atoms with Crippen molar-refractivity contribution < 1.29 is 13.2 Å². The molecule has 0 aromatic heterocycles. The van der Waals surface area contributed by atoms with Crippen molar-refractivity contribution in [3.8, 4) is 5.75 Å². The van der Waals surface area contributed by atoms with E-state index in [4.69, 9.17) is 4.74 Å². The number of rotatable bonds is 9. The highest BCUT2D eigenvalue weighted by Gasteiger charge is 2.22. The van der Waals surface area contributed by atoms with Gasteiger partial charge >= 0.3 is 0 Å². The summed E-state index contributed by atoms with van der Waals surface area (Å²) in [6.07, 6.45) is 3.75. The molecule has 8 heteroatoms. The van der Waals surface area contributed by atoms with Crippen LogP contribution in [0.25, 0.3) is 0 Å². The molecule has 142 valence electrons. The normalized spacial score (nSPS) is 14.6. The summed E-state index contributed by atoms with van der Waals surface area (Å²) in [5.41, 5.74) is 1.03. The van der Waals surface area contributed by atoms with E-state index < -0.39 is 9.84 Å². The Morgan fingerprint density at radius 2 is 2.00 bits per heavy atom. The molecule has 6 nitrogen and oxygen atoms in total. The van der Waals surface area contributed by atoms with Gasteiger partial charge in [0.1, 0.15) is 15.6 Å². The third-order valence-corrected chi connectivity index (χ3v) is 4.61. The molecule has 0 saturated heterocycles. The Morgan fingerprint density at radius 3 is 2.64 bits per heavy atom. The van der Waals surface area contributed by atoms with Crippen LogP contribution in [0.1, 0.15) is 25.3 Å². The predicted molar refractivity (Wildman–Crippen MR) is 113 cm³/mol. The molecule has 0 unspecified atom stereocenters. The van der Waals surface area contributed by atoms with E-state index in [2.05, 4.69) is 15.6 Å². The number of ether oxygens (including phenoxy) is 1. The van der Waals surface area contributed by atoms with Crippen molar-refractivity contribution in [1.29, 1.82) is 0 Å². The maximum Gasteiger partial charge on any atom is 0.191 e. The molecular formula is C17H28IN3O3S. The topological polar surface area (TPSA) is 79.8 Å². The summed E-state index contributed by atoms with van der Waals surface area (Å²) < 4.78 is 28.3. The molecule has 1 aromatic carbocycles. The third-order valence-electron chi connectivity index (χ3n) is 3.66. The number of nitrogens with one attached hydrogen (secondary N) is 2. The molecular weight excluding hydrogens is 453 g/mol. The van der Waals surface area contributed by atoms with Gasteiger partial charge < -0.3 is 15.4 Å². The van der Waals surface area contributed by atoms with E-state index >= 15 is 0 Å². The zero-order chi connectivity index (χ0) is 17.4. The average Bonchev–Trinajstić information content (AvgIpc) is 3.34. The quantitative estimate of drug-likeness (QED) is 0.321. The van der Waals surface area contributed by atoms with E-state index in [0.717, 1.165) is 17.9 Å². The van der Waals surface area contributed by atoms with E-state index in [1.54, 1.807) is 0 Å². The van der Waals surface area contributed by atoms with Crippen molar-refractivity contribution >= 4 is 39.8 Å². The largest absolute Gasteiger partial charge is 0.493 e. The molecule has 1 fully saturated rings. The van der Waals surface area contributed by atoms with Crippen LogP contribution < -0.4 is 15.4 Å². The molecule has 1 aliphatic carbocycles. The molecule has 0 spiro atoms. The van der Waals surface area contributed by atoms with E-state index in [9.17, 15) is 8.42 Å². The highest BCUT2D eigenvalue weighted by atomic mass is 127. The molecule has 0 amide bonds. The van der Waals surface area contributed by atoms with Gasteiger partial charge in [-0.05, 0) is 31.7 Å². The predicted octanol–water partition coefficient (Wildman–Crippen LogP) is 2.19. The first-order valence-electron chi connectivity index (χ1n) is 8.38. The first-order valence-corrected chi connectivity index (χ1v) is 10.4. The highest BCUT2D eigenvalue weighted by Crippen LogP contribution is 2.30. The number of hydrogen-bond acceptors (Lipinski definition) is 4. The SMILES string of the molecule is CCNC(=NCc1ccccc1OCC1CC1)NCCS(C)(=O)=O.I. The Kier molecular flexibility index (Phi) is 9.55. The Bertz CT molecular complexity index is 661. The third kappa shape index (κ3) is 9.29. The average molecular weight is 481 g/mol. The van der Waals surface area contributed by atoms with Gasteiger partial charge in [-0.2, -0.15) is 0 Å². The lowest BCUT2D eigenvalue weighted by atomic mass is 10.2. The number of sulfone groups is 1. The van der Waals surface area contributed by atoms with Gasteiger partial charge in [-0.25, -0.2) is 13.4 Å². The van der Waals surface area contributed by atoms with Crippen LogP contribution in [0.3, 0.4) is 0 Å². The maximum absolute atomic E-state index is 11.2. The van der Waals surface area contributed by atoms with Crippen molar-refractivity contribution in [2.24, 2.45) is 10.9 Å². The minimum atomic E-state index is -2.98. The van der Waals surface area contributed by atoms with Gasteiger partial charge in [0.05, 0.1) is 18.9 Å². The van der Waals surface area contributed by atoms with Gasteiger partial charge in [0.2, 0.25) is 0 Å². The molecule has 2 rings (SSSR count). The fraction of sp³-hybridized carbons (Fsp3) is 0.588. The number of aliphatic imine (C=N–C) groups is 1. The second-order valence-corrected chi connectivity index (χ2v) is 8.37. The van der Waals surface area contributed by atoms with Crippen LogP contribution in [-0.4, -0.2) is 46.1 Å². The number of hydrogen-bond donors (Lipinski definition) is 2. The summed E-state index contributed by atoms with van der Waals surface area (Å²) >= 11 is 0. The second-order valence-electron chi connectivity index (χ2n) is 6.11. The zero-order valence-electron chi connectivity index (χ0n) is 14.8. The molecule has 0 bridgehead atoms. The van der Waals surface area contributed by atoms with Crippen molar-refractivity contribution in [1.82, 2.24) is 10.6 Å². The molecule has 0 heterocycles. The van der Waals surface area contributed by atoms with Gasteiger partial charge in [0, 0.05) is 24.9 Å². The summed E-state index contributed by atoms with van der Waals surface area (Å²) in [5, 5.41) is 6.17. The van der Waals surface area contributed by atoms with Crippen LogP contribution >= 0.6 is 24.0 Å². The van der Waals surface area contributed by atoms with Crippen LogP contribution in [0, 0.1) is 5.92 Å². The Labute approximate surface area is 167 Å². The fourth-order valence-electron chi connectivity index (χ4n) is 2.13. The zero-order valence-corrected chi connectivity index (χ0v) is 18.0. The minimum Gasteiger partial charge on any atom is -0.493 e. The molecule has 0 aliphatic heterocycles. The molecule has 1 aliphatic rings. The van der Waals surface area contributed by atoms with Gasteiger partial charge in [-0.1, -0.05) is 18.2 Å². The van der Waals surface area contributed by atoms with Crippen LogP contribution in [0.4, 0.5) is 0 Å². The Hall–Kier alpha value is -1.03. The summed E-state index contributed by atoms with van der Waals surface area (Å²) in [6, 6.07) is 7.91. The number of nitrogens with zero attached hydrogens (tertiary/aromatic N) is 1. The molecule has 25 heavy (non-hydrogen) atoms. The van der Waals surface area contributed by atoms with Gasteiger partial charge in [-0.15, -0.1) is 24.0 Å². The molecule has 2 N–H and O–H groups in total. The first kappa shape index (κ1) is 22.0. The van der Waals surface area contributed by atoms with Crippen molar-refractivity contribution in [3.05, 3.63) is 29.8 Å². The lowest BCUT2D eigenvalue weighted by molar-refractivity contribution is 0.297. The van der Waals surface area contributed by atoms with E-state index in [1.807, 2.05) is 31.2 Å². The van der Waals surface area contributed by atoms with Crippen molar-refractivity contribution in [3.63, 3.8) is 0 Å². The van der Waals surface area contributed by atoms with Gasteiger partial charge in [0.15, 0.2) is 5.96 Å². The first-order chi connectivity index (χ1) is 11.5. The standard InChI is InChI=1S/C17H27N3O3S.HI/c1-3-18-17(19-10-11-24(2,21)22)20-12-15-6-4-5-7-16(15)23-13-14-8-9-14;/h4-7,14H,3,8-13H2,1-2H3,(H2,18,19,20);1H. The number of guanidine groups is 1. The number of halogens is 1. The van der Waals surface area contributed by atoms with E-state index in [1.165, 1.54) is 19.1 Å². The Morgan fingerprint density at radius 1 is 1.28 bits per heavy atom. The molecule has 0 atom stereocenters. The smallest absolute Gasteiger partial charge is 0.191 e. The van der Waals surface area contributed by atoms with Crippen LogP contribution in [-0.2, 0) is 16.4 Å². The number of para-hydroxylation sites is 1. The summed E-state index contributed by atoms with van der Waals surface area (Å²) in [7, 11) is -2.98. The molecule has 1 aromatic rings. The molecule has 1 saturated carbocycles.